The van der Waals surface area contributed by atoms with Crippen LogP contribution < -0.4 is 5.73 Å². The first-order valence-corrected chi connectivity index (χ1v) is 6.30. The van der Waals surface area contributed by atoms with Crippen LogP contribution in [-0.2, 0) is 0 Å². The molecular weight excluding hydrogens is 212 g/mol. The van der Waals surface area contributed by atoms with Crippen molar-refractivity contribution in [1.29, 1.82) is 0 Å². The largest absolute Gasteiger partial charge is 0.340 e. The van der Waals surface area contributed by atoms with Gasteiger partial charge in [0.2, 0.25) is 0 Å². The predicted octanol–water partition coefficient (Wildman–Crippen LogP) is 2.11. The molecule has 2 aromatic rings. The minimum absolute atomic E-state index is 0.495. The highest BCUT2D eigenvalue weighted by Gasteiger charge is 2.29. The molecule has 2 heterocycles. The number of imidazole rings is 1. The summed E-state index contributed by atoms with van der Waals surface area (Å²) in [4.78, 5) is 12.4. The molecule has 17 heavy (non-hydrogen) atoms. The van der Waals surface area contributed by atoms with Crippen LogP contribution in [0.15, 0.2) is 12.3 Å². The Morgan fingerprint density at radius 2 is 2.35 bits per heavy atom. The molecule has 1 aliphatic rings. The zero-order chi connectivity index (χ0) is 11.8. The van der Waals surface area contributed by atoms with Gasteiger partial charge in [0.15, 0.2) is 5.65 Å². The van der Waals surface area contributed by atoms with Gasteiger partial charge in [-0.15, -0.1) is 0 Å². The average Bonchev–Trinajstić information content (AvgIpc) is 2.93. The molecule has 3 rings (SSSR count). The fourth-order valence-corrected chi connectivity index (χ4v) is 2.88. The Hall–Kier alpha value is -1.42. The molecule has 4 nitrogen and oxygen atoms in total. The molecule has 1 fully saturated rings. The molecule has 2 unspecified atom stereocenters. The fourth-order valence-electron chi connectivity index (χ4n) is 2.88. The summed E-state index contributed by atoms with van der Waals surface area (Å²) in [6.07, 6.45) is 5.55. The van der Waals surface area contributed by atoms with Gasteiger partial charge in [-0.25, -0.2) is 9.97 Å². The average molecular weight is 230 g/mol. The number of rotatable bonds is 2. The molecular formula is C13H18N4. The first-order valence-electron chi connectivity index (χ1n) is 6.30. The summed E-state index contributed by atoms with van der Waals surface area (Å²) in [6, 6.07) is 2.10. The van der Waals surface area contributed by atoms with Crippen molar-refractivity contribution in [1.82, 2.24) is 15.0 Å². The molecule has 1 aliphatic carbocycles. The highest BCUT2D eigenvalue weighted by atomic mass is 15.0. The van der Waals surface area contributed by atoms with E-state index in [1.165, 1.54) is 19.3 Å². The molecule has 3 N–H and O–H groups in total. The number of aryl methyl sites for hydroxylation is 1. The molecule has 0 aromatic carbocycles. The molecule has 1 saturated carbocycles. The molecule has 4 heteroatoms. The van der Waals surface area contributed by atoms with Crippen molar-refractivity contribution >= 4 is 11.2 Å². The zero-order valence-corrected chi connectivity index (χ0v) is 10.1. The minimum atomic E-state index is 0.495. The Morgan fingerprint density at radius 3 is 3.18 bits per heavy atom. The summed E-state index contributed by atoms with van der Waals surface area (Å²) < 4.78 is 0. The van der Waals surface area contributed by atoms with E-state index in [0.29, 0.717) is 11.8 Å². The zero-order valence-electron chi connectivity index (χ0n) is 10.1. The van der Waals surface area contributed by atoms with Gasteiger partial charge < -0.3 is 10.7 Å². The van der Waals surface area contributed by atoms with Crippen LogP contribution in [-0.4, -0.2) is 21.5 Å². The van der Waals surface area contributed by atoms with Crippen LogP contribution in [0.2, 0.25) is 0 Å². The second-order valence-corrected chi connectivity index (χ2v) is 5.04. The van der Waals surface area contributed by atoms with Crippen molar-refractivity contribution in [2.45, 2.75) is 32.1 Å². The van der Waals surface area contributed by atoms with Gasteiger partial charge in [0.05, 0.1) is 5.52 Å². The van der Waals surface area contributed by atoms with Crippen LogP contribution in [0, 0.1) is 12.8 Å². The number of hydrogen-bond donors (Lipinski definition) is 2. The number of H-pyrrole nitrogens is 1. The number of nitrogens with two attached hydrogens (primary N) is 1. The lowest BCUT2D eigenvalue weighted by Gasteiger charge is -2.14. The number of aromatic nitrogens is 3. The summed E-state index contributed by atoms with van der Waals surface area (Å²) in [7, 11) is 0. The van der Waals surface area contributed by atoms with Crippen molar-refractivity contribution in [2.24, 2.45) is 11.7 Å². The Labute approximate surface area is 101 Å². The van der Waals surface area contributed by atoms with E-state index >= 15 is 0 Å². The van der Waals surface area contributed by atoms with Gasteiger partial charge in [0, 0.05) is 12.1 Å². The van der Waals surface area contributed by atoms with Crippen LogP contribution in [0.3, 0.4) is 0 Å². The summed E-state index contributed by atoms with van der Waals surface area (Å²) in [5, 5.41) is 0. The lowest BCUT2D eigenvalue weighted by atomic mass is 9.96. The minimum Gasteiger partial charge on any atom is -0.340 e. The predicted molar refractivity (Wildman–Crippen MR) is 67.8 cm³/mol. The maximum Gasteiger partial charge on any atom is 0.177 e. The van der Waals surface area contributed by atoms with Gasteiger partial charge >= 0.3 is 0 Å². The van der Waals surface area contributed by atoms with E-state index in [9.17, 15) is 0 Å². The van der Waals surface area contributed by atoms with E-state index in [2.05, 4.69) is 21.0 Å². The van der Waals surface area contributed by atoms with E-state index in [1.54, 1.807) is 0 Å². The second kappa shape index (κ2) is 4.11. The number of fused-ring (bicyclic) bond motifs is 1. The maximum atomic E-state index is 5.82. The Kier molecular flexibility index (Phi) is 2.59. The molecule has 90 valence electrons. The third-order valence-corrected chi connectivity index (χ3v) is 3.81. The number of pyridine rings is 1. The van der Waals surface area contributed by atoms with Gasteiger partial charge in [0.1, 0.15) is 5.82 Å². The lowest BCUT2D eigenvalue weighted by molar-refractivity contribution is 0.481. The first-order chi connectivity index (χ1) is 8.28. The highest BCUT2D eigenvalue weighted by molar-refractivity contribution is 5.71. The molecule has 0 aliphatic heterocycles. The number of nitrogens with zero attached hydrogens (tertiary/aromatic N) is 2. The van der Waals surface area contributed by atoms with E-state index in [4.69, 9.17) is 5.73 Å². The second-order valence-electron chi connectivity index (χ2n) is 5.04. The summed E-state index contributed by atoms with van der Waals surface area (Å²) in [5.41, 5.74) is 8.86. The number of nitrogens with one attached hydrogen (secondary N) is 1. The Bertz CT molecular complexity index is 531. The normalized spacial score (nSPS) is 24.6. The van der Waals surface area contributed by atoms with Crippen LogP contribution in [0.1, 0.15) is 36.6 Å². The lowest BCUT2D eigenvalue weighted by Crippen LogP contribution is -2.17. The van der Waals surface area contributed by atoms with E-state index < -0.39 is 0 Å². The Morgan fingerprint density at radius 1 is 1.47 bits per heavy atom. The quantitative estimate of drug-likeness (QED) is 0.830. The van der Waals surface area contributed by atoms with Crippen molar-refractivity contribution in [3.63, 3.8) is 0 Å². The van der Waals surface area contributed by atoms with Gasteiger partial charge in [-0.3, -0.25) is 0 Å². The third kappa shape index (κ3) is 1.82. The number of hydrogen-bond acceptors (Lipinski definition) is 3. The molecule has 0 amide bonds. The van der Waals surface area contributed by atoms with Crippen molar-refractivity contribution in [2.75, 3.05) is 6.54 Å². The SMILES string of the molecule is Cc1cnc2nc(C3CCCC3CN)[nH]c2c1. The Balaban J connectivity index is 2.00. The maximum absolute atomic E-state index is 5.82. The monoisotopic (exact) mass is 230 g/mol. The summed E-state index contributed by atoms with van der Waals surface area (Å²) in [5.74, 6) is 2.15. The fraction of sp³-hybridized carbons (Fsp3) is 0.538. The van der Waals surface area contributed by atoms with Crippen molar-refractivity contribution in [3.8, 4) is 0 Å². The van der Waals surface area contributed by atoms with Crippen LogP contribution >= 0.6 is 0 Å². The highest BCUT2D eigenvalue weighted by Crippen LogP contribution is 2.38. The van der Waals surface area contributed by atoms with Crippen LogP contribution in [0.4, 0.5) is 0 Å². The van der Waals surface area contributed by atoms with E-state index in [1.807, 2.05) is 13.1 Å². The molecule has 0 bridgehead atoms. The van der Waals surface area contributed by atoms with Crippen LogP contribution in [0.25, 0.3) is 11.2 Å². The molecule has 0 saturated heterocycles. The molecule has 0 spiro atoms. The third-order valence-electron chi connectivity index (χ3n) is 3.81. The van der Waals surface area contributed by atoms with Gasteiger partial charge in [-0.05, 0) is 43.9 Å². The topological polar surface area (TPSA) is 67.6 Å². The van der Waals surface area contributed by atoms with Gasteiger partial charge in [-0.2, -0.15) is 0 Å². The van der Waals surface area contributed by atoms with Crippen LogP contribution in [0.5, 0.6) is 0 Å². The summed E-state index contributed by atoms with van der Waals surface area (Å²) >= 11 is 0. The molecule has 2 aromatic heterocycles. The standard InChI is InChI=1S/C13H18N4/c1-8-5-11-13(15-7-8)17-12(16-11)10-4-2-3-9(10)6-14/h5,7,9-10H,2-4,6,14H2,1H3,(H,15,16,17). The van der Waals surface area contributed by atoms with Gasteiger partial charge in [0.25, 0.3) is 0 Å². The van der Waals surface area contributed by atoms with Gasteiger partial charge in [-0.1, -0.05) is 6.42 Å². The number of aromatic amines is 1. The molecule has 2 atom stereocenters. The smallest absolute Gasteiger partial charge is 0.177 e. The first kappa shape index (κ1) is 10.7. The van der Waals surface area contributed by atoms with Crippen molar-refractivity contribution < 1.29 is 0 Å². The van der Waals surface area contributed by atoms with Crippen molar-refractivity contribution in [3.05, 3.63) is 23.7 Å². The molecule has 0 radical (unpaired) electrons. The van der Waals surface area contributed by atoms with E-state index in [0.717, 1.165) is 29.1 Å². The van der Waals surface area contributed by atoms with E-state index in [-0.39, 0.29) is 0 Å². The summed E-state index contributed by atoms with van der Waals surface area (Å²) in [6.45, 7) is 2.80.